The summed E-state index contributed by atoms with van der Waals surface area (Å²) in [7, 11) is 0. The number of amides is 1. The second kappa shape index (κ2) is 7.46. The molecule has 1 amide bonds. The van der Waals surface area contributed by atoms with Crippen LogP contribution in [0.5, 0.6) is 11.5 Å². The third kappa shape index (κ3) is 3.84. The third-order valence-corrected chi connectivity index (χ3v) is 5.73. The van der Waals surface area contributed by atoms with E-state index >= 15 is 0 Å². The maximum absolute atomic E-state index is 12.9. The van der Waals surface area contributed by atoms with E-state index < -0.39 is 6.10 Å². The molecule has 5 heteroatoms. The van der Waals surface area contributed by atoms with Gasteiger partial charge in [0.15, 0.2) is 11.5 Å². The molecule has 5 nitrogen and oxygen atoms in total. The highest BCUT2D eigenvalue weighted by Gasteiger charge is 2.33. The van der Waals surface area contributed by atoms with Gasteiger partial charge in [-0.25, -0.2) is 0 Å². The maximum atomic E-state index is 12.9. The molecule has 148 valence electrons. The normalized spacial score (nSPS) is 20.1. The Morgan fingerprint density at radius 2 is 1.79 bits per heavy atom. The van der Waals surface area contributed by atoms with Gasteiger partial charge in [0.2, 0.25) is 6.10 Å². The van der Waals surface area contributed by atoms with Crippen molar-refractivity contribution < 1.29 is 14.3 Å². The van der Waals surface area contributed by atoms with E-state index in [1.54, 1.807) is 0 Å². The van der Waals surface area contributed by atoms with Crippen molar-refractivity contribution in [3.8, 4) is 11.5 Å². The summed E-state index contributed by atoms with van der Waals surface area (Å²) >= 11 is 0. The first kappa shape index (κ1) is 18.8. The van der Waals surface area contributed by atoms with E-state index in [0.717, 1.165) is 31.7 Å². The zero-order valence-electron chi connectivity index (χ0n) is 16.9. The number of pyridine rings is 1. The summed E-state index contributed by atoms with van der Waals surface area (Å²) in [6.45, 7) is 8.27. The standard InChI is InChI=1S/C23H28N2O3/c1-23(2,3)18-4-5-19-20(14-18)27-15-21(28-19)22(26)25-12-8-17(9-13-25)16-6-10-24-11-7-16/h4-7,10-11,14,17,21H,8-9,12-13,15H2,1-3H3/t21-/m1/s1. The van der Waals surface area contributed by atoms with Crippen LogP contribution in [-0.2, 0) is 10.2 Å². The number of ether oxygens (including phenoxy) is 2. The summed E-state index contributed by atoms with van der Waals surface area (Å²) in [6, 6.07) is 10.1. The Kier molecular flexibility index (Phi) is 5.00. The molecule has 2 aliphatic rings. The van der Waals surface area contributed by atoms with Crippen LogP contribution >= 0.6 is 0 Å². The van der Waals surface area contributed by atoms with Gasteiger partial charge in [0.25, 0.3) is 5.91 Å². The Morgan fingerprint density at radius 3 is 2.46 bits per heavy atom. The number of benzene rings is 1. The predicted octanol–water partition coefficient (Wildman–Crippen LogP) is 3.93. The van der Waals surface area contributed by atoms with E-state index in [-0.39, 0.29) is 17.9 Å². The molecule has 0 N–H and O–H groups in total. The molecular formula is C23H28N2O3. The van der Waals surface area contributed by atoms with Crippen LogP contribution in [0, 0.1) is 0 Å². The van der Waals surface area contributed by atoms with E-state index in [0.29, 0.717) is 11.7 Å². The van der Waals surface area contributed by atoms with Crippen molar-refractivity contribution in [3.63, 3.8) is 0 Å². The third-order valence-electron chi connectivity index (χ3n) is 5.73. The molecule has 0 spiro atoms. The molecule has 0 aliphatic carbocycles. The van der Waals surface area contributed by atoms with Crippen molar-refractivity contribution in [2.75, 3.05) is 19.7 Å². The quantitative estimate of drug-likeness (QED) is 0.792. The second-order valence-corrected chi connectivity index (χ2v) is 8.71. The molecule has 1 aromatic heterocycles. The molecule has 1 aromatic carbocycles. The van der Waals surface area contributed by atoms with Crippen molar-refractivity contribution >= 4 is 5.91 Å². The molecule has 4 rings (SSSR count). The Bertz CT molecular complexity index is 837. The van der Waals surface area contributed by atoms with Gasteiger partial charge in [-0.05, 0) is 59.6 Å². The first-order chi connectivity index (χ1) is 13.4. The number of aromatic nitrogens is 1. The topological polar surface area (TPSA) is 51.7 Å². The molecule has 28 heavy (non-hydrogen) atoms. The minimum atomic E-state index is -0.564. The average molecular weight is 380 g/mol. The first-order valence-corrected chi connectivity index (χ1v) is 10.0. The molecule has 0 radical (unpaired) electrons. The molecular weight excluding hydrogens is 352 g/mol. The van der Waals surface area contributed by atoms with Gasteiger partial charge in [-0.3, -0.25) is 9.78 Å². The number of carbonyl (C=O) groups is 1. The van der Waals surface area contributed by atoms with Gasteiger partial charge in [-0.1, -0.05) is 26.8 Å². The Balaban J connectivity index is 1.38. The highest BCUT2D eigenvalue weighted by molar-refractivity contribution is 5.82. The van der Waals surface area contributed by atoms with E-state index in [2.05, 4.69) is 44.0 Å². The fourth-order valence-corrected chi connectivity index (χ4v) is 3.93. The van der Waals surface area contributed by atoms with E-state index in [1.165, 1.54) is 11.1 Å². The summed E-state index contributed by atoms with van der Waals surface area (Å²) in [5, 5.41) is 0. The molecule has 2 aliphatic heterocycles. The lowest BCUT2D eigenvalue weighted by atomic mass is 9.87. The van der Waals surface area contributed by atoms with E-state index in [9.17, 15) is 4.79 Å². The van der Waals surface area contributed by atoms with Crippen LogP contribution in [0.4, 0.5) is 0 Å². The van der Waals surface area contributed by atoms with Gasteiger partial charge in [-0.15, -0.1) is 0 Å². The fraction of sp³-hybridized carbons (Fsp3) is 0.478. The number of piperidine rings is 1. The van der Waals surface area contributed by atoms with Crippen LogP contribution in [0.3, 0.4) is 0 Å². The highest BCUT2D eigenvalue weighted by atomic mass is 16.6. The lowest BCUT2D eigenvalue weighted by Gasteiger charge is -2.35. The van der Waals surface area contributed by atoms with Crippen LogP contribution < -0.4 is 9.47 Å². The molecule has 2 aromatic rings. The summed E-state index contributed by atoms with van der Waals surface area (Å²) in [5.41, 5.74) is 2.55. The van der Waals surface area contributed by atoms with Crippen LogP contribution in [0.15, 0.2) is 42.7 Å². The molecule has 1 fully saturated rings. The summed E-state index contributed by atoms with van der Waals surface area (Å²) in [6.07, 6.45) is 5.04. The Hall–Kier alpha value is -2.56. The largest absolute Gasteiger partial charge is 0.485 e. The molecule has 1 atom stereocenters. The van der Waals surface area contributed by atoms with Crippen molar-refractivity contribution in [2.45, 2.75) is 51.0 Å². The fourth-order valence-electron chi connectivity index (χ4n) is 3.93. The Labute approximate surface area is 166 Å². The first-order valence-electron chi connectivity index (χ1n) is 10.0. The SMILES string of the molecule is CC(C)(C)c1ccc2c(c1)OC[C@H](C(=O)N1CCC(c3ccncc3)CC1)O2. The molecule has 1 saturated heterocycles. The number of likely N-dealkylation sites (tertiary alicyclic amines) is 1. The van der Waals surface area contributed by atoms with Gasteiger partial charge in [-0.2, -0.15) is 0 Å². The van der Waals surface area contributed by atoms with Crippen LogP contribution in [0.1, 0.15) is 50.7 Å². The summed E-state index contributed by atoms with van der Waals surface area (Å²) in [4.78, 5) is 18.9. The minimum absolute atomic E-state index is 0.0266. The van der Waals surface area contributed by atoms with Gasteiger partial charge >= 0.3 is 0 Å². The lowest BCUT2D eigenvalue weighted by molar-refractivity contribution is -0.142. The number of hydrogen-bond acceptors (Lipinski definition) is 4. The molecule has 0 saturated carbocycles. The lowest BCUT2D eigenvalue weighted by Crippen LogP contribution is -2.48. The average Bonchev–Trinajstić information content (AvgIpc) is 2.72. The maximum Gasteiger partial charge on any atom is 0.267 e. The molecule has 0 unspecified atom stereocenters. The van der Waals surface area contributed by atoms with Gasteiger partial charge < -0.3 is 14.4 Å². The predicted molar refractivity (Wildman–Crippen MR) is 108 cm³/mol. The second-order valence-electron chi connectivity index (χ2n) is 8.71. The van der Waals surface area contributed by atoms with Gasteiger partial charge in [0.05, 0.1) is 0 Å². The van der Waals surface area contributed by atoms with Gasteiger partial charge in [0, 0.05) is 25.5 Å². The molecule has 3 heterocycles. The van der Waals surface area contributed by atoms with Crippen molar-refractivity contribution in [1.29, 1.82) is 0 Å². The van der Waals surface area contributed by atoms with E-state index in [1.807, 2.05) is 29.4 Å². The summed E-state index contributed by atoms with van der Waals surface area (Å²) in [5.74, 6) is 1.91. The zero-order valence-corrected chi connectivity index (χ0v) is 16.9. The zero-order chi connectivity index (χ0) is 19.7. The van der Waals surface area contributed by atoms with E-state index in [4.69, 9.17) is 9.47 Å². The smallest absolute Gasteiger partial charge is 0.267 e. The number of carbonyl (C=O) groups excluding carboxylic acids is 1. The highest BCUT2D eigenvalue weighted by Crippen LogP contribution is 2.36. The van der Waals surface area contributed by atoms with Crippen LogP contribution in [0.2, 0.25) is 0 Å². The molecule has 0 bridgehead atoms. The Morgan fingerprint density at radius 1 is 1.07 bits per heavy atom. The van der Waals surface area contributed by atoms with Crippen molar-refractivity contribution in [1.82, 2.24) is 9.88 Å². The summed E-state index contributed by atoms with van der Waals surface area (Å²) < 4.78 is 11.9. The number of nitrogens with zero attached hydrogens (tertiary/aromatic N) is 2. The van der Waals surface area contributed by atoms with Crippen LogP contribution in [-0.4, -0.2) is 41.6 Å². The number of hydrogen-bond donors (Lipinski definition) is 0. The van der Waals surface area contributed by atoms with Crippen molar-refractivity contribution in [3.05, 3.63) is 53.9 Å². The van der Waals surface area contributed by atoms with Crippen LogP contribution in [0.25, 0.3) is 0 Å². The van der Waals surface area contributed by atoms with Crippen molar-refractivity contribution in [2.24, 2.45) is 0 Å². The number of fused-ring (bicyclic) bond motifs is 1. The monoisotopic (exact) mass is 380 g/mol. The van der Waals surface area contributed by atoms with Gasteiger partial charge in [0.1, 0.15) is 6.61 Å². The minimum Gasteiger partial charge on any atom is -0.485 e. The number of rotatable bonds is 2.